The minimum absolute atomic E-state index is 0.125. The highest BCUT2D eigenvalue weighted by atomic mass is 35.5. The Kier molecular flexibility index (Phi) is 9.58. The van der Waals surface area contributed by atoms with Crippen molar-refractivity contribution in [1.82, 2.24) is 4.57 Å². The number of carbonyl (C=O) groups is 1. The molecule has 1 aromatic heterocycles. The molecular formula is C36H27Cl2FN2O5S. The normalized spacial score (nSPS) is 14.4. The molecule has 1 aliphatic heterocycles. The molecule has 4 aromatic carbocycles. The van der Waals surface area contributed by atoms with Crippen LogP contribution in [0, 0.1) is 5.82 Å². The number of esters is 1. The molecule has 0 spiro atoms. The average molecular weight is 690 g/mol. The molecule has 0 radical (unpaired) electrons. The van der Waals surface area contributed by atoms with Crippen LogP contribution >= 0.6 is 34.5 Å². The van der Waals surface area contributed by atoms with Crippen LogP contribution < -0.4 is 24.4 Å². The van der Waals surface area contributed by atoms with Gasteiger partial charge < -0.3 is 14.2 Å². The van der Waals surface area contributed by atoms with Gasteiger partial charge in [0.25, 0.3) is 5.56 Å². The zero-order chi connectivity index (χ0) is 33.1. The summed E-state index contributed by atoms with van der Waals surface area (Å²) in [4.78, 5) is 32.9. The first-order chi connectivity index (χ1) is 22.8. The maximum Gasteiger partial charge on any atom is 0.338 e. The number of carbonyl (C=O) groups excluding carboxylic acids is 1. The van der Waals surface area contributed by atoms with E-state index in [0.29, 0.717) is 53.3 Å². The van der Waals surface area contributed by atoms with Crippen molar-refractivity contribution in [2.75, 3.05) is 13.7 Å². The van der Waals surface area contributed by atoms with Gasteiger partial charge in [-0.3, -0.25) is 9.36 Å². The van der Waals surface area contributed by atoms with E-state index in [4.69, 9.17) is 42.4 Å². The summed E-state index contributed by atoms with van der Waals surface area (Å²) in [6, 6.07) is 24.6. The predicted octanol–water partition coefficient (Wildman–Crippen LogP) is 6.97. The highest BCUT2D eigenvalue weighted by Crippen LogP contribution is 2.35. The largest absolute Gasteiger partial charge is 0.493 e. The lowest BCUT2D eigenvalue weighted by Gasteiger charge is -2.25. The van der Waals surface area contributed by atoms with Gasteiger partial charge in [-0.1, -0.05) is 89.1 Å². The fourth-order valence-corrected chi connectivity index (χ4v) is 6.56. The standard InChI is InChI=1S/C36H27Cl2FN2O5S/c1-3-45-35(43)31-32(23-7-5-4-6-8-23)40-36-41(33(31)24-11-13-25(39)14-12-24)34(42)30(47-36)19-21-10-16-28(29(18-21)44-2)46-20-22-9-15-26(37)27(38)17-22/h4-19,33H,3,20H2,1-2H3/b30-19-/t33-/m0/s1. The molecule has 47 heavy (non-hydrogen) atoms. The lowest BCUT2D eigenvalue weighted by atomic mass is 9.93. The van der Waals surface area contributed by atoms with Gasteiger partial charge in [0.2, 0.25) is 0 Å². The number of methoxy groups -OCH3 is 1. The molecule has 0 saturated carbocycles. The number of thiazole rings is 1. The van der Waals surface area contributed by atoms with Crippen LogP contribution in [0.2, 0.25) is 10.0 Å². The van der Waals surface area contributed by atoms with E-state index in [1.165, 1.54) is 35.1 Å². The molecule has 238 valence electrons. The number of halogens is 3. The van der Waals surface area contributed by atoms with Gasteiger partial charge in [-0.15, -0.1) is 0 Å². The Morgan fingerprint density at radius 1 is 0.979 bits per heavy atom. The first-order valence-corrected chi connectivity index (χ1v) is 16.1. The highest BCUT2D eigenvalue weighted by Gasteiger charge is 2.35. The molecule has 11 heteroatoms. The maximum atomic E-state index is 14.1. The second-order valence-electron chi connectivity index (χ2n) is 10.4. The van der Waals surface area contributed by atoms with Crippen LogP contribution in [0.3, 0.4) is 0 Å². The number of rotatable bonds is 9. The van der Waals surface area contributed by atoms with E-state index < -0.39 is 17.8 Å². The molecule has 0 N–H and O–H groups in total. The van der Waals surface area contributed by atoms with Crippen molar-refractivity contribution in [3.05, 3.63) is 154 Å². The number of hydrogen-bond donors (Lipinski definition) is 0. The third kappa shape index (κ3) is 6.74. The Morgan fingerprint density at radius 3 is 2.45 bits per heavy atom. The molecule has 1 aliphatic rings. The van der Waals surface area contributed by atoms with Gasteiger partial charge in [0.15, 0.2) is 16.3 Å². The lowest BCUT2D eigenvalue weighted by Crippen LogP contribution is -2.40. The van der Waals surface area contributed by atoms with Crippen LogP contribution in [-0.4, -0.2) is 24.3 Å². The van der Waals surface area contributed by atoms with Crippen LogP contribution in [0.1, 0.15) is 35.2 Å². The molecular weight excluding hydrogens is 662 g/mol. The second kappa shape index (κ2) is 14.0. The molecule has 0 aliphatic carbocycles. The van der Waals surface area contributed by atoms with Crippen molar-refractivity contribution >= 4 is 52.3 Å². The van der Waals surface area contributed by atoms with E-state index in [1.807, 2.05) is 42.5 Å². The minimum atomic E-state index is -0.907. The summed E-state index contributed by atoms with van der Waals surface area (Å²) in [6.07, 6.45) is 1.73. The minimum Gasteiger partial charge on any atom is -0.493 e. The number of nitrogens with zero attached hydrogens (tertiary/aromatic N) is 2. The van der Waals surface area contributed by atoms with Gasteiger partial charge in [0.1, 0.15) is 12.4 Å². The fourth-order valence-electron chi connectivity index (χ4n) is 5.24. The molecule has 0 fully saturated rings. The summed E-state index contributed by atoms with van der Waals surface area (Å²) in [6.45, 7) is 2.07. The zero-order valence-corrected chi connectivity index (χ0v) is 27.5. The van der Waals surface area contributed by atoms with Gasteiger partial charge in [0, 0.05) is 5.56 Å². The van der Waals surface area contributed by atoms with Gasteiger partial charge in [-0.25, -0.2) is 14.2 Å². The Bertz CT molecular complexity index is 2180. The van der Waals surface area contributed by atoms with E-state index in [0.717, 1.165) is 5.56 Å². The molecule has 1 atom stereocenters. The molecule has 7 nitrogen and oxygen atoms in total. The van der Waals surface area contributed by atoms with Crippen molar-refractivity contribution in [3.63, 3.8) is 0 Å². The Hall–Kier alpha value is -4.70. The number of hydrogen-bond acceptors (Lipinski definition) is 7. The lowest BCUT2D eigenvalue weighted by molar-refractivity contribution is -0.138. The molecule has 0 bridgehead atoms. The summed E-state index contributed by atoms with van der Waals surface area (Å²) in [5.41, 5.74) is 2.94. The average Bonchev–Trinajstić information content (AvgIpc) is 3.39. The quantitative estimate of drug-likeness (QED) is 0.156. The van der Waals surface area contributed by atoms with Crippen molar-refractivity contribution in [1.29, 1.82) is 0 Å². The van der Waals surface area contributed by atoms with Crippen LogP contribution in [0.5, 0.6) is 11.5 Å². The van der Waals surface area contributed by atoms with Crippen molar-refractivity contribution in [2.45, 2.75) is 19.6 Å². The van der Waals surface area contributed by atoms with Crippen molar-refractivity contribution in [2.24, 2.45) is 4.99 Å². The fraction of sp³-hybridized carbons (Fsp3) is 0.139. The highest BCUT2D eigenvalue weighted by molar-refractivity contribution is 7.07. The van der Waals surface area contributed by atoms with Crippen LogP contribution in [0.4, 0.5) is 4.39 Å². The number of fused-ring (bicyclic) bond motifs is 1. The summed E-state index contributed by atoms with van der Waals surface area (Å²) < 4.78 is 32.9. The molecule has 6 rings (SSSR count). The third-order valence-corrected chi connectivity index (χ3v) is 9.15. The van der Waals surface area contributed by atoms with Crippen LogP contribution in [0.25, 0.3) is 11.8 Å². The predicted molar refractivity (Wildman–Crippen MR) is 181 cm³/mol. The monoisotopic (exact) mass is 688 g/mol. The maximum absolute atomic E-state index is 14.1. The first-order valence-electron chi connectivity index (χ1n) is 14.6. The van der Waals surface area contributed by atoms with Crippen molar-refractivity contribution in [3.8, 4) is 11.5 Å². The smallest absolute Gasteiger partial charge is 0.338 e. The van der Waals surface area contributed by atoms with Gasteiger partial charge in [-0.2, -0.15) is 0 Å². The Labute approximate surface area is 283 Å². The summed E-state index contributed by atoms with van der Waals surface area (Å²) in [7, 11) is 1.53. The van der Waals surface area contributed by atoms with E-state index in [2.05, 4.69) is 0 Å². The van der Waals surface area contributed by atoms with E-state index >= 15 is 0 Å². The van der Waals surface area contributed by atoms with E-state index in [9.17, 15) is 14.0 Å². The number of ether oxygens (including phenoxy) is 3. The number of benzene rings is 4. The molecule has 5 aromatic rings. The third-order valence-electron chi connectivity index (χ3n) is 7.42. The van der Waals surface area contributed by atoms with E-state index in [1.54, 1.807) is 49.4 Å². The number of aromatic nitrogens is 1. The second-order valence-corrected chi connectivity index (χ2v) is 12.3. The van der Waals surface area contributed by atoms with Gasteiger partial charge >= 0.3 is 5.97 Å². The van der Waals surface area contributed by atoms with Crippen LogP contribution in [-0.2, 0) is 16.1 Å². The summed E-state index contributed by atoms with van der Waals surface area (Å²) in [5, 5.41) is 0.892. The van der Waals surface area contributed by atoms with Crippen molar-refractivity contribution < 1.29 is 23.4 Å². The van der Waals surface area contributed by atoms with Crippen LogP contribution in [0.15, 0.2) is 106 Å². The zero-order valence-electron chi connectivity index (χ0n) is 25.2. The topological polar surface area (TPSA) is 79.1 Å². The SMILES string of the molecule is CCOC(=O)C1=C(c2ccccc2)N=c2s/c(=C\c3ccc(OCc4ccc(Cl)c(Cl)c4)c(OC)c3)c(=O)n2[C@H]1c1ccc(F)cc1. The summed E-state index contributed by atoms with van der Waals surface area (Å²) >= 11 is 13.3. The first kappa shape index (κ1) is 32.2. The van der Waals surface area contributed by atoms with E-state index in [-0.39, 0.29) is 24.3 Å². The Morgan fingerprint density at radius 2 is 1.74 bits per heavy atom. The van der Waals surface area contributed by atoms with Gasteiger partial charge in [-0.05, 0) is 66.1 Å². The molecule has 2 heterocycles. The molecule has 0 amide bonds. The summed E-state index contributed by atoms with van der Waals surface area (Å²) in [5.74, 6) is -0.0869. The molecule has 0 saturated heterocycles. The Balaban J connectivity index is 1.45. The van der Waals surface area contributed by atoms with Gasteiger partial charge in [0.05, 0.1) is 45.6 Å². The molecule has 0 unspecified atom stereocenters.